The number of hydrogen-bond donors (Lipinski definition) is 2. The molecule has 23 heavy (non-hydrogen) atoms. The fourth-order valence-corrected chi connectivity index (χ4v) is 4.07. The topological polar surface area (TPSA) is 69.2 Å². The van der Waals surface area contributed by atoms with E-state index in [1.54, 1.807) is 6.07 Å². The van der Waals surface area contributed by atoms with Crippen molar-refractivity contribution in [2.24, 2.45) is 0 Å². The third kappa shape index (κ3) is 2.82. The van der Waals surface area contributed by atoms with E-state index in [4.69, 9.17) is 0 Å². The van der Waals surface area contributed by atoms with Crippen LogP contribution in [-0.2, 0) is 0 Å². The largest absolute Gasteiger partial charge is 0.312 e. The van der Waals surface area contributed by atoms with Gasteiger partial charge >= 0.3 is 0 Å². The molecule has 3 rings (SSSR count). The Labute approximate surface area is 139 Å². The molecule has 5 nitrogen and oxygen atoms in total. The van der Waals surface area contributed by atoms with Crippen molar-refractivity contribution in [3.05, 3.63) is 46.3 Å². The zero-order valence-electron chi connectivity index (χ0n) is 13.8. The Morgan fingerprint density at radius 1 is 1.26 bits per heavy atom. The predicted octanol–water partition coefficient (Wildman–Crippen LogP) is 3.20. The van der Waals surface area contributed by atoms with Gasteiger partial charge in [0, 0.05) is 5.75 Å². The zero-order chi connectivity index (χ0) is 16.8. The Morgan fingerprint density at radius 3 is 2.61 bits per heavy atom. The number of nitrogens with zero attached hydrogens (tertiary/aromatic N) is 2. The number of aromatic amines is 1. The van der Waals surface area contributed by atoms with Gasteiger partial charge in [-0.05, 0) is 45.4 Å². The first-order valence-corrected chi connectivity index (χ1v) is 8.54. The number of rotatable bonds is 3. The summed E-state index contributed by atoms with van der Waals surface area (Å²) in [5.74, 6) is 0.661. The number of nitrogens with one attached hydrogen (secondary N) is 1. The summed E-state index contributed by atoms with van der Waals surface area (Å²) in [7, 11) is 0. The smallest absolute Gasteiger partial charge is 0.259 e. The Balaban J connectivity index is 1.86. The zero-order valence-corrected chi connectivity index (χ0v) is 14.6. The average Bonchev–Trinajstić information content (AvgIpc) is 2.65. The van der Waals surface area contributed by atoms with E-state index < -0.39 is 11.1 Å². The minimum absolute atomic E-state index is 0.123. The van der Waals surface area contributed by atoms with Crippen molar-refractivity contribution in [1.29, 1.82) is 0 Å². The first-order chi connectivity index (χ1) is 10.7. The van der Waals surface area contributed by atoms with Gasteiger partial charge in [0.15, 0.2) is 5.16 Å². The summed E-state index contributed by atoms with van der Waals surface area (Å²) < 4.78 is 0. The lowest BCUT2D eigenvalue weighted by atomic mass is 9.98. The Bertz CT molecular complexity index is 839. The maximum atomic E-state index is 12.1. The normalized spacial score (nSPS) is 20.0. The van der Waals surface area contributed by atoms with Gasteiger partial charge in [-0.1, -0.05) is 30.0 Å². The highest BCUT2D eigenvalue weighted by Gasteiger charge is 2.44. The number of para-hydroxylation sites is 1. The molecule has 0 bridgehead atoms. The molecule has 0 spiro atoms. The minimum atomic E-state index is -0.437. The van der Waals surface area contributed by atoms with E-state index in [9.17, 15) is 10.0 Å². The number of thioether (sulfide) groups is 1. The molecule has 0 atom stereocenters. The molecule has 2 N–H and O–H groups in total. The molecule has 1 aromatic carbocycles. The van der Waals surface area contributed by atoms with Crippen LogP contribution in [-0.4, -0.2) is 37.1 Å². The summed E-state index contributed by atoms with van der Waals surface area (Å²) >= 11 is 1.48. The summed E-state index contributed by atoms with van der Waals surface area (Å²) in [4.78, 5) is 19.4. The number of fused-ring (bicyclic) bond motifs is 1. The number of hydrogen-bond acceptors (Lipinski definition) is 5. The summed E-state index contributed by atoms with van der Waals surface area (Å²) in [6.07, 6.45) is 2.08. The fourth-order valence-electron chi connectivity index (χ4n) is 3.02. The van der Waals surface area contributed by atoms with Gasteiger partial charge in [0.05, 0.1) is 22.0 Å². The van der Waals surface area contributed by atoms with Gasteiger partial charge in [0.2, 0.25) is 0 Å². The van der Waals surface area contributed by atoms with Crippen LogP contribution >= 0.6 is 11.8 Å². The monoisotopic (exact) mass is 331 g/mol. The fraction of sp³-hybridized carbons (Fsp3) is 0.412. The molecule has 0 radical (unpaired) electrons. The van der Waals surface area contributed by atoms with Gasteiger partial charge < -0.3 is 10.2 Å². The minimum Gasteiger partial charge on any atom is -0.312 e. The highest BCUT2D eigenvalue weighted by Crippen LogP contribution is 2.40. The highest BCUT2D eigenvalue weighted by molar-refractivity contribution is 7.99. The third-order valence-corrected chi connectivity index (χ3v) is 5.27. The van der Waals surface area contributed by atoms with Crippen molar-refractivity contribution < 1.29 is 5.21 Å². The van der Waals surface area contributed by atoms with Crippen LogP contribution in [0.2, 0.25) is 0 Å². The van der Waals surface area contributed by atoms with Crippen molar-refractivity contribution in [3.63, 3.8) is 0 Å². The molecule has 6 heteroatoms. The third-order valence-electron chi connectivity index (χ3n) is 4.34. The average molecular weight is 331 g/mol. The molecule has 0 unspecified atom stereocenters. The molecule has 2 aromatic rings. The van der Waals surface area contributed by atoms with Crippen LogP contribution in [0.5, 0.6) is 0 Å². The SMILES string of the molecule is CC1(C)C=C(CSc2nc3ccccc3c(=O)[nH]2)C(C)(C)N1O. The Morgan fingerprint density at radius 2 is 1.96 bits per heavy atom. The van der Waals surface area contributed by atoms with E-state index in [1.165, 1.54) is 16.8 Å². The molecule has 0 aliphatic carbocycles. The second-order valence-corrected chi connectivity index (χ2v) is 7.84. The quantitative estimate of drug-likeness (QED) is 0.513. The van der Waals surface area contributed by atoms with Crippen molar-refractivity contribution in [3.8, 4) is 0 Å². The maximum absolute atomic E-state index is 12.1. The number of benzene rings is 1. The maximum Gasteiger partial charge on any atom is 0.259 e. The van der Waals surface area contributed by atoms with Crippen LogP contribution in [0.1, 0.15) is 27.7 Å². The molecule has 0 fully saturated rings. The molecular formula is C17H21N3O2S. The molecule has 2 heterocycles. The van der Waals surface area contributed by atoms with Gasteiger partial charge in [0.1, 0.15) is 0 Å². The van der Waals surface area contributed by atoms with Crippen molar-refractivity contribution in [2.75, 3.05) is 5.75 Å². The van der Waals surface area contributed by atoms with E-state index in [0.29, 0.717) is 21.8 Å². The molecule has 0 amide bonds. The van der Waals surface area contributed by atoms with Crippen LogP contribution in [0, 0.1) is 0 Å². The Kier molecular flexibility index (Phi) is 3.86. The summed E-state index contributed by atoms with van der Waals surface area (Å²) in [6.45, 7) is 7.93. The number of hydroxylamine groups is 2. The molecule has 122 valence electrons. The van der Waals surface area contributed by atoms with E-state index in [0.717, 1.165) is 5.57 Å². The highest BCUT2D eigenvalue weighted by atomic mass is 32.2. The van der Waals surface area contributed by atoms with E-state index in [1.807, 2.05) is 45.9 Å². The van der Waals surface area contributed by atoms with Gasteiger partial charge in [-0.2, -0.15) is 5.06 Å². The summed E-state index contributed by atoms with van der Waals surface area (Å²) in [6, 6.07) is 7.31. The molecule has 1 aliphatic rings. The van der Waals surface area contributed by atoms with Gasteiger partial charge in [-0.25, -0.2) is 4.98 Å². The van der Waals surface area contributed by atoms with E-state index in [-0.39, 0.29) is 5.56 Å². The second kappa shape index (κ2) is 5.47. The van der Waals surface area contributed by atoms with Crippen molar-refractivity contribution in [1.82, 2.24) is 15.0 Å². The molecular weight excluding hydrogens is 310 g/mol. The molecule has 0 saturated carbocycles. The number of H-pyrrole nitrogens is 1. The molecule has 0 saturated heterocycles. The lowest BCUT2D eigenvalue weighted by molar-refractivity contribution is -0.185. The predicted molar refractivity (Wildman–Crippen MR) is 93.0 cm³/mol. The van der Waals surface area contributed by atoms with E-state index in [2.05, 4.69) is 16.0 Å². The summed E-state index contributed by atoms with van der Waals surface area (Å²) in [5.41, 5.74) is 0.854. The van der Waals surface area contributed by atoms with Gasteiger partial charge in [-0.3, -0.25) is 4.79 Å². The molecule has 1 aliphatic heterocycles. The Hall–Kier alpha value is -1.63. The second-order valence-electron chi connectivity index (χ2n) is 6.87. The van der Waals surface area contributed by atoms with Crippen molar-refractivity contribution in [2.45, 2.75) is 43.9 Å². The lowest BCUT2D eigenvalue weighted by Gasteiger charge is -2.36. The van der Waals surface area contributed by atoms with Crippen LogP contribution in [0.15, 0.2) is 45.9 Å². The van der Waals surface area contributed by atoms with Crippen LogP contribution in [0.25, 0.3) is 10.9 Å². The standard InChI is InChI=1S/C17H21N3O2S/c1-16(2)9-11(17(3,4)20(16)22)10-23-15-18-13-8-6-5-7-12(13)14(21)19-15/h5-9,22H,10H2,1-4H3,(H,18,19,21). The molecule has 1 aromatic heterocycles. The van der Waals surface area contributed by atoms with E-state index >= 15 is 0 Å². The van der Waals surface area contributed by atoms with Crippen molar-refractivity contribution >= 4 is 22.7 Å². The first-order valence-electron chi connectivity index (χ1n) is 7.55. The van der Waals surface area contributed by atoms with Crippen LogP contribution in [0.4, 0.5) is 0 Å². The first kappa shape index (κ1) is 16.2. The lowest BCUT2D eigenvalue weighted by Crippen LogP contribution is -2.48. The summed E-state index contributed by atoms with van der Waals surface area (Å²) in [5, 5.41) is 12.9. The van der Waals surface area contributed by atoms with Gasteiger partial charge in [-0.15, -0.1) is 0 Å². The van der Waals surface area contributed by atoms with Crippen LogP contribution in [0.3, 0.4) is 0 Å². The van der Waals surface area contributed by atoms with Crippen LogP contribution < -0.4 is 5.56 Å². The van der Waals surface area contributed by atoms with Gasteiger partial charge in [0.25, 0.3) is 5.56 Å². The number of aromatic nitrogens is 2.